The number of alkyl halides is 1. The van der Waals surface area contributed by atoms with Crippen LogP contribution in [0.1, 0.15) is 32.2 Å². The van der Waals surface area contributed by atoms with Crippen molar-refractivity contribution in [3.8, 4) is 10.4 Å². The maximum Gasteiger partial charge on any atom is 0.411 e. The van der Waals surface area contributed by atoms with Gasteiger partial charge in [0.05, 0.1) is 16.5 Å². The van der Waals surface area contributed by atoms with Crippen molar-refractivity contribution in [2.24, 2.45) is 0 Å². The van der Waals surface area contributed by atoms with Crippen molar-refractivity contribution in [3.63, 3.8) is 0 Å². The van der Waals surface area contributed by atoms with Gasteiger partial charge in [-0.2, -0.15) is 0 Å². The number of hydrogen-bond acceptors (Lipinski definition) is 6. The topological polar surface area (TPSA) is 63.2 Å². The first-order valence-electron chi connectivity index (χ1n) is 8.29. The highest BCUT2D eigenvalue weighted by molar-refractivity contribution is 7.97. The Hall–Kier alpha value is -1.28. The number of aromatic nitrogens is 1. The van der Waals surface area contributed by atoms with E-state index < -0.39 is 6.09 Å². The minimum atomic E-state index is -0.476. The molecule has 0 atom stereocenters. The van der Waals surface area contributed by atoms with E-state index in [2.05, 4.69) is 35.8 Å². The van der Waals surface area contributed by atoms with Crippen LogP contribution < -0.4 is 10.0 Å². The Morgan fingerprint density at radius 1 is 1.38 bits per heavy atom. The number of carbonyl (C=O) groups excluding carboxylic acids is 1. The van der Waals surface area contributed by atoms with Gasteiger partial charge >= 0.3 is 6.09 Å². The molecule has 0 saturated carbocycles. The number of nitrogens with zero attached hydrogens (tertiary/aromatic N) is 1. The normalized spacial score (nSPS) is 11.4. The zero-order valence-electron chi connectivity index (χ0n) is 15.4. The van der Waals surface area contributed by atoms with E-state index in [-0.39, 0.29) is 5.54 Å². The number of aryl methyl sites for hydroxylation is 1. The molecule has 0 aliphatic carbocycles. The van der Waals surface area contributed by atoms with Crippen LogP contribution >= 0.6 is 34.9 Å². The Morgan fingerprint density at radius 3 is 2.77 bits per heavy atom. The van der Waals surface area contributed by atoms with Crippen molar-refractivity contribution in [1.82, 2.24) is 9.71 Å². The Balaban J connectivity index is 2.19. The molecule has 1 amide bonds. The van der Waals surface area contributed by atoms with Gasteiger partial charge < -0.3 is 4.74 Å². The molecule has 5 nitrogen and oxygen atoms in total. The van der Waals surface area contributed by atoms with E-state index in [0.29, 0.717) is 24.6 Å². The monoisotopic (exact) mass is 413 g/mol. The van der Waals surface area contributed by atoms with Gasteiger partial charge in [0.1, 0.15) is 0 Å². The van der Waals surface area contributed by atoms with Crippen molar-refractivity contribution in [1.29, 1.82) is 0 Å². The molecule has 1 aromatic carbocycles. The first-order chi connectivity index (χ1) is 12.3. The molecule has 1 aromatic heterocycles. The number of carbonyl (C=O) groups is 1. The number of rotatable bonds is 7. The standard InChI is InChI=1S/C18H24ClN3O2S2/c1-12-20-11-16(25-12)14-7-6-13(21-17(23)24-9-5-8-19)10-15(14)26-22-18(2,3)4/h6-7,10-11,22H,5,8-9H2,1-4H3,(H,21,23). The molecule has 0 bridgehead atoms. The lowest BCUT2D eigenvalue weighted by Gasteiger charge is -2.21. The molecule has 142 valence electrons. The molecule has 1 heterocycles. The number of benzene rings is 1. The summed E-state index contributed by atoms with van der Waals surface area (Å²) in [6.07, 6.45) is 2.04. The van der Waals surface area contributed by atoms with E-state index in [1.165, 1.54) is 0 Å². The van der Waals surface area contributed by atoms with Crippen molar-refractivity contribution in [3.05, 3.63) is 29.4 Å². The maximum atomic E-state index is 11.9. The third kappa shape index (κ3) is 6.79. The van der Waals surface area contributed by atoms with Crippen molar-refractivity contribution in [2.75, 3.05) is 17.8 Å². The summed E-state index contributed by atoms with van der Waals surface area (Å²) < 4.78 is 8.51. The van der Waals surface area contributed by atoms with Gasteiger partial charge in [0, 0.05) is 33.8 Å². The second kappa shape index (κ2) is 9.60. The number of nitrogens with one attached hydrogen (secondary N) is 2. The lowest BCUT2D eigenvalue weighted by molar-refractivity contribution is 0.162. The minimum Gasteiger partial charge on any atom is -0.449 e. The lowest BCUT2D eigenvalue weighted by Crippen LogP contribution is -2.29. The van der Waals surface area contributed by atoms with Gasteiger partial charge in [0.25, 0.3) is 0 Å². The highest BCUT2D eigenvalue weighted by Gasteiger charge is 2.15. The molecule has 8 heteroatoms. The van der Waals surface area contributed by atoms with Crippen molar-refractivity contribution in [2.45, 2.75) is 44.6 Å². The fourth-order valence-electron chi connectivity index (χ4n) is 1.96. The number of halogens is 1. The first kappa shape index (κ1) is 21.0. The highest BCUT2D eigenvalue weighted by atomic mass is 35.5. The first-order valence-corrected chi connectivity index (χ1v) is 10.5. The molecular weight excluding hydrogens is 390 g/mol. The molecule has 0 saturated heterocycles. The lowest BCUT2D eigenvalue weighted by atomic mass is 10.1. The van der Waals surface area contributed by atoms with Crippen LogP contribution in [0.4, 0.5) is 10.5 Å². The Morgan fingerprint density at radius 2 is 2.15 bits per heavy atom. The van der Waals surface area contributed by atoms with Crippen LogP contribution in [-0.2, 0) is 4.74 Å². The summed E-state index contributed by atoms with van der Waals surface area (Å²) in [5.41, 5.74) is 1.72. The van der Waals surface area contributed by atoms with E-state index in [4.69, 9.17) is 16.3 Å². The Bertz CT molecular complexity index is 744. The molecule has 0 unspecified atom stereocenters. The van der Waals surface area contributed by atoms with E-state index in [1.54, 1.807) is 23.3 Å². The zero-order chi connectivity index (χ0) is 19.2. The van der Waals surface area contributed by atoms with Crippen LogP contribution in [0, 0.1) is 6.92 Å². The van der Waals surface area contributed by atoms with Crippen LogP contribution in [0.3, 0.4) is 0 Å². The van der Waals surface area contributed by atoms with Crippen molar-refractivity contribution >= 4 is 46.7 Å². The summed E-state index contributed by atoms with van der Waals surface area (Å²) in [4.78, 5) is 18.3. The van der Waals surface area contributed by atoms with Crippen molar-refractivity contribution < 1.29 is 9.53 Å². The minimum absolute atomic E-state index is 0.0462. The summed E-state index contributed by atoms with van der Waals surface area (Å²) in [6.45, 7) is 8.61. The molecule has 0 radical (unpaired) electrons. The third-order valence-electron chi connectivity index (χ3n) is 3.09. The number of hydrogen-bond donors (Lipinski definition) is 2. The smallest absolute Gasteiger partial charge is 0.411 e. The molecule has 0 aliphatic rings. The summed E-state index contributed by atoms with van der Waals surface area (Å²) in [5.74, 6) is 0.468. The summed E-state index contributed by atoms with van der Waals surface area (Å²) in [6, 6.07) is 5.80. The van der Waals surface area contributed by atoms with Gasteiger partial charge in [-0.15, -0.1) is 22.9 Å². The van der Waals surface area contributed by atoms with Gasteiger partial charge in [-0.25, -0.2) is 9.78 Å². The van der Waals surface area contributed by atoms with Crippen LogP contribution in [0.2, 0.25) is 0 Å². The Labute approximate surface area is 168 Å². The number of thiazole rings is 1. The fraction of sp³-hybridized carbons (Fsp3) is 0.444. The molecule has 0 spiro atoms. The number of anilines is 1. The molecule has 2 rings (SSSR count). The van der Waals surface area contributed by atoms with E-state index in [0.717, 1.165) is 20.3 Å². The second-order valence-corrected chi connectivity index (χ2v) is 9.17. The van der Waals surface area contributed by atoms with Gasteiger partial charge in [0.15, 0.2) is 0 Å². The van der Waals surface area contributed by atoms with Gasteiger partial charge in [0.2, 0.25) is 0 Å². The predicted molar refractivity (Wildman–Crippen MR) is 111 cm³/mol. The number of amides is 1. The quantitative estimate of drug-likeness (QED) is 0.346. The van der Waals surface area contributed by atoms with E-state index in [1.807, 2.05) is 31.3 Å². The zero-order valence-corrected chi connectivity index (χ0v) is 17.8. The molecule has 26 heavy (non-hydrogen) atoms. The molecule has 2 aromatic rings. The summed E-state index contributed by atoms with van der Waals surface area (Å²) in [5, 5.41) is 3.78. The summed E-state index contributed by atoms with van der Waals surface area (Å²) >= 11 is 8.77. The van der Waals surface area contributed by atoms with Crippen LogP contribution in [0.5, 0.6) is 0 Å². The largest absolute Gasteiger partial charge is 0.449 e. The average molecular weight is 414 g/mol. The van der Waals surface area contributed by atoms with Gasteiger partial charge in [-0.05, 0) is 58.2 Å². The third-order valence-corrected chi connectivity index (χ3v) is 5.58. The second-order valence-electron chi connectivity index (χ2n) is 6.71. The van der Waals surface area contributed by atoms with E-state index >= 15 is 0 Å². The van der Waals surface area contributed by atoms with Gasteiger partial charge in [-0.1, -0.05) is 6.07 Å². The van der Waals surface area contributed by atoms with E-state index in [9.17, 15) is 4.79 Å². The predicted octanol–water partition coefficient (Wildman–Crippen LogP) is 5.69. The van der Waals surface area contributed by atoms with Gasteiger partial charge in [-0.3, -0.25) is 10.0 Å². The summed E-state index contributed by atoms with van der Waals surface area (Å²) in [7, 11) is 0. The SMILES string of the molecule is Cc1ncc(-c2ccc(NC(=O)OCCCCl)cc2SNC(C)(C)C)s1. The van der Waals surface area contributed by atoms with Crippen LogP contribution in [-0.4, -0.2) is 29.1 Å². The highest BCUT2D eigenvalue weighted by Crippen LogP contribution is 2.36. The maximum absolute atomic E-state index is 11.9. The number of ether oxygens (including phenoxy) is 1. The molecule has 0 fully saturated rings. The Kier molecular flexibility index (Phi) is 7.76. The average Bonchev–Trinajstić information content (AvgIpc) is 2.99. The molecular formula is C18H24ClN3O2S2. The molecule has 2 N–H and O–H groups in total. The van der Waals surface area contributed by atoms with Crippen LogP contribution in [0.25, 0.3) is 10.4 Å². The fourth-order valence-corrected chi connectivity index (χ4v) is 3.84. The van der Waals surface area contributed by atoms with Crippen LogP contribution in [0.15, 0.2) is 29.3 Å². The molecule has 0 aliphatic heterocycles.